The van der Waals surface area contributed by atoms with Crippen molar-refractivity contribution in [2.45, 2.75) is 19.8 Å². The second-order valence-corrected chi connectivity index (χ2v) is 3.00. The summed E-state index contributed by atoms with van der Waals surface area (Å²) in [5.41, 5.74) is 2.55. The van der Waals surface area contributed by atoms with Gasteiger partial charge >= 0.3 is 0 Å². The Morgan fingerprint density at radius 1 is 1.46 bits per heavy atom. The summed E-state index contributed by atoms with van der Waals surface area (Å²) in [7, 11) is 0. The summed E-state index contributed by atoms with van der Waals surface area (Å²) >= 11 is 0. The standard InChI is InChI=1S/C13H16/c1-3-8-12(9-4-2)13-10-6-5-7-11-13/h3-4,6,8-11H,1,5,7H2,2H3/b9-4-,12-8+. The van der Waals surface area contributed by atoms with Gasteiger partial charge in [0, 0.05) is 0 Å². The van der Waals surface area contributed by atoms with Crippen molar-refractivity contribution in [2.24, 2.45) is 0 Å². The summed E-state index contributed by atoms with van der Waals surface area (Å²) in [4.78, 5) is 0. The molecule has 0 N–H and O–H groups in total. The van der Waals surface area contributed by atoms with Crippen LogP contribution < -0.4 is 0 Å². The molecule has 0 unspecified atom stereocenters. The van der Waals surface area contributed by atoms with Crippen LogP contribution in [0.3, 0.4) is 0 Å². The lowest BCUT2D eigenvalue weighted by Crippen LogP contribution is -1.87. The minimum Gasteiger partial charge on any atom is -0.0990 e. The predicted molar refractivity (Wildman–Crippen MR) is 59.6 cm³/mol. The summed E-state index contributed by atoms with van der Waals surface area (Å²) in [6, 6.07) is 0. The van der Waals surface area contributed by atoms with Gasteiger partial charge in [-0.1, -0.05) is 49.1 Å². The first kappa shape index (κ1) is 9.79. The lowest BCUT2D eigenvalue weighted by molar-refractivity contribution is 1.02. The molecule has 0 heterocycles. The largest absolute Gasteiger partial charge is 0.0990 e. The van der Waals surface area contributed by atoms with Crippen LogP contribution in [-0.2, 0) is 0 Å². The highest BCUT2D eigenvalue weighted by Gasteiger charge is 1.99. The molecule has 0 aromatic rings. The summed E-state index contributed by atoms with van der Waals surface area (Å²) in [6.45, 7) is 5.75. The van der Waals surface area contributed by atoms with Crippen LogP contribution in [-0.4, -0.2) is 0 Å². The monoisotopic (exact) mass is 172 g/mol. The molecule has 0 fully saturated rings. The average molecular weight is 172 g/mol. The van der Waals surface area contributed by atoms with Gasteiger partial charge in [0.15, 0.2) is 0 Å². The predicted octanol–water partition coefficient (Wildman–Crippen LogP) is 3.95. The van der Waals surface area contributed by atoms with Crippen LogP contribution in [0.15, 0.2) is 60.3 Å². The number of rotatable bonds is 3. The number of allylic oxidation sites excluding steroid dienone is 9. The maximum absolute atomic E-state index is 3.72. The van der Waals surface area contributed by atoms with Gasteiger partial charge in [-0.2, -0.15) is 0 Å². The minimum absolute atomic E-state index is 1.15. The molecule has 0 aromatic heterocycles. The SMILES string of the molecule is C=C/C=C(\C=C/C)C1=CCCC=C1. The molecule has 0 radical (unpaired) electrons. The van der Waals surface area contributed by atoms with Gasteiger partial charge < -0.3 is 0 Å². The first-order chi connectivity index (χ1) is 6.38. The van der Waals surface area contributed by atoms with Gasteiger partial charge in [-0.05, 0) is 30.9 Å². The Kier molecular flexibility index (Phi) is 4.04. The Labute approximate surface area is 80.7 Å². The molecule has 1 aliphatic carbocycles. The smallest absolute Gasteiger partial charge is 0.0191 e. The van der Waals surface area contributed by atoms with Crippen molar-refractivity contribution < 1.29 is 0 Å². The molecule has 0 aliphatic heterocycles. The normalized spacial score (nSPS) is 17.6. The zero-order valence-corrected chi connectivity index (χ0v) is 8.16. The first-order valence-electron chi connectivity index (χ1n) is 4.71. The van der Waals surface area contributed by atoms with E-state index in [4.69, 9.17) is 0 Å². The summed E-state index contributed by atoms with van der Waals surface area (Å²) in [5.74, 6) is 0. The molecule has 0 aromatic carbocycles. The van der Waals surface area contributed by atoms with Gasteiger partial charge in [-0.15, -0.1) is 0 Å². The third kappa shape index (κ3) is 2.90. The highest BCUT2D eigenvalue weighted by atomic mass is 14.0. The van der Waals surface area contributed by atoms with E-state index in [1.54, 1.807) is 0 Å². The van der Waals surface area contributed by atoms with E-state index in [9.17, 15) is 0 Å². The fourth-order valence-electron chi connectivity index (χ4n) is 1.38. The summed E-state index contributed by atoms with van der Waals surface area (Å²) in [6.07, 6.45) is 17.0. The van der Waals surface area contributed by atoms with Crippen LogP contribution in [0.25, 0.3) is 0 Å². The second kappa shape index (κ2) is 5.36. The van der Waals surface area contributed by atoms with Crippen LogP contribution in [0, 0.1) is 0 Å². The Bertz CT molecular complexity index is 285. The lowest BCUT2D eigenvalue weighted by Gasteiger charge is -2.07. The molecule has 0 saturated carbocycles. The highest BCUT2D eigenvalue weighted by molar-refractivity contribution is 5.48. The van der Waals surface area contributed by atoms with E-state index in [0.717, 1.165) is 6.42 Å². The molecule has 0 saturated heterocycles. The summed E-state index contributed by atoms with van der Waals surface area (Å²) in [5, 5.41) is 0. The van der Waals surface area contributed by atoms with Crippen LogP contribution in [0.2, 0.25) is 0 Å². The van der Waals surface area contributed by atoms with Gasteiger partial charge in [0.1, 0.15) is 0 Å². The van der Waals surface area contributed by atoms with Gasteiger partial charge in [-0.3, -0.25) is 0 Å². The Hall–Kier alpha value is -1.30. The Morgan fingerprint density at radius 3 is 2.85 bits per heavy atom. The number of hydrogen-bond donors (Lipinski definition) is 0. The fraction of sp³-hybridized carbons (Fsp3) is 0.231. The van der Waals surface area contributed by atoms with Gasteiger partial charge in [0.2, 0.25) is 0 Å². The van der Waals surface area contributed by atoms with Crippen molar-refractivity contribution in [3.63, 3.8) is 0 Å². The van der Waals surface area contributed by atoms with Crippen LogP contribution in [0.4, 0.5) is 0 Å². The molecule has 68 valence electrons. The number of hydrogen-bond acceptors (Lipinski definition) is 0. The molecule has 0 atom stereocenters. The van der Waals surface area contributed by atoms with E-state index in [-0.39, 0.29) is 0 Å². The summed E-state index contributed by atoms with van der Waals surface area (Å²) < 4.78 is 0. The molecular formula is C13H16. The maximum atomic E-state index is 3.72. The highest BCUT2D eigenvalue weighted by Crippen LogP contribution is 2.19. The van der Waals surface area contributed by atoms with Crippen LogP contribution in [0.5, 0.6) is 0 Å². The molecule has 0 amide bonds. The van der Waals surface area contributed by atoms with Crippen molar-refractivity contribution in [1.82, 2.24) is 0 Å². The van der Waals surface area contributed by atoms with E-state index >= 15 is 0 Å². The zero-order valence-electron chi connectivity index (χ0n) is 8.16. The van der Waals surface area contributed by atoms with E-state index in [1.807, 2.05) is 19.1 Å². The Balaban J connectivity index is 2.87. The first-order valence-corrected chi connectivity index (χ1v) is 4.71. The second-order valence-electron chi connectivity index (χ2n) is 3.00. The topological polar surface area (TPSA) is 0 Å². The third-order valence-corrected chi connectivity index (χ3v) is 1.97. The zero-order chi connectivity index (χ0) is 9.52. The van der Waals surface area contributed by atoms with E-state index in [1.165, 1.54) is 17.6 Å². The van der Waals surface area contributed by atoms with Gasteiger partial charge in [-0.25, -0.2) is 0 Å². The Morgan fingerprint density at radius 2 is 2.31 bits per heavy atom. The van der Waals surface area contributed by atoms with Gasteiger partial charge in [0.05, 0.1) is 0 Å². The van der Waals surface area contributed by atoms with Crippen molar-refractivity contribution in [2.75, 3.05) is 0 Å². The average Bonchev–Trinajstić information content (AvgIpc) is 2.19. The van der Waals surface area contributed by atoms with E-state index < -0.39 is 0 Å². The van der Waals surface area contributed by atoms with E-state index in [0.29, 0.717) is 0 Å². The van der Waals surface area contributed by atoms with Crippen molar-refractivity contribution in [3.05, 3.63) is 60.3 Å². The minimum atomic E-state index is 1.15. The third-order valence-electron chi connectivity index (χ3n) is 1.97. The fourth-order valence-corrected chi connectivity index (χ4v) is 1.38. The van der Waals surface area contributed by atoms with Crippen LogP contribution >= 0.6 is 0 Å². The van der Waals surface area contributed by atoms with Crippen molar-refractivity contribution >= 4 is 0 Å². The molecule has 1 rings (SSSR count). The molecule has 0 heteroatoms. The molecule has 13 heavy (non-hydrogen) atoms. The molecule has 1 aliphatic rings. The molecule has 0 nitrogen and oxygen atoms in total. The van der Waals surface area contributed by atoms with Crippen LogP contribution in [0.1, 0.15) is 19.8 Å². The van der Waals surface area contributed by atoms with Crippen molar-refractivity contribution in [3.8, 4) is 0 Å². The van der Waals surface area contributed by atoms with Gasteiger partial charge in [0.25, 0.3) is 0 Å². The van der Waals surface area contributed by atoms with E-state index in [2.05, 4.69) is 37.0 Å². The van der Waals surface area contributed by atoms with Crippen molar-refractivity contribution in [1.29, 1.82) is 0 Å². The maximum Gasteiger partial charge on any atom is -0.0191 e. The molecule has 0 spiro atoms. The molecular weight excluding hydrogens is 156 g/mol. The molecule has 0 bridgehead atoms. The lowest BCUT2D eigenvalue weighted by atomic mass is 9.99. The quantitative estimate of drug-likeness (QED) is 0.565.